The van der Waals surface area contributed by atoms with Crippen LogP contribution in [0, 0.1) is 33.0 Å². The summed E-state index contributed by atoms with van der Waals surface area (Å²) in [5, 5.41) is 3.50. The van der Waals surface area contributed by atoms with Gasteiger partial charge in [-0.15, -0.1) is 47.5 Å². The number of rotatable bonds is 6. The molecule has 1 aromatic heterocycles. The van der Waals surface area contributed by atoms with E-state index in [2.05, 4.69) is 110 Å². The summed E-state index contributed by atoms with van der Waals surface area (Å²) in [5.41, 5.74) is 12.5. The Hall–Kier alpha value is -4.50. The number of aryl methyl sites for hydroxylation is 2. The Labute approximate surface area is 269 Å². The SMILES string of the molecule is [CH2-]N(C)c1ccccc1Nc1[c-]ccc(-c2c(C)cc(-c3ccccc3)cc2C)c1.[Ir+3].[c-]1ccccc1-c1ccccn1. The molecule has 5 aromatic carbocycles. The van der Waals surface area contributed by atoms with Crippen molar-refractivity contribution in [1.82, 2.24) is 4.98 Å². The molecule has 214 valence electrons. The Bertz CT molecular complexity index is 1670. The topological polar surface area (TPSA) is 28.2 Å². The van der Waals surface area contributed by atoms with Gasteiger partial charge < -0.3 is 15.2 Å². The summed E-state index contributed by atoms with van der Waals surface area (Å²) in [7, 11) is 5.96. The molecule has 6 rings (SSSR count). The minimum Gasteiger partial charge on any atom is -0.526 e. The van der Waals surface area contributed by atoms with E-state index in [1.54, 1.807) is 6.20 Å². The molecule has 0 atom stereocenters. The van der Waals surface area contributed by atoms with Crippen molar-refractivity contribution in [3.8, 4) is 33.5 Å². The fourth-order valence-corrected chi connectivity index (χ4v) is 5.04. The summed E-state index contributed by atoms with van der Waals surface area (Å²) >= 11 is 0. The van der Waals surface area contributed by atoms with Crippen LogP contribution < -0.4 is 10.2 Å². The summed E-state index contributed by atoms with van der Waals surface area (Å²) in [4.78, 5) is 6.08. The van der Waals surface area contributed by atoms with Crippen LogP contribution in [0.25, 0.3) is 33.5 Å². The first-order valence-electron chi connectivity index (χ1n) is 14.0. The van der Waals surface area contributed by atoms with E-state index in [1.165, 1.54) is 33.4 Å². The Morgan fingerprint density at radius 1 is 0.674 bits per heavy atom. The molecule has 43 heavy (non-hydrogen) atoms. The maximum absolute atomic E-state index is 4.22. The number of pyridine rings is 1. The number of nitrogens with zero attached hydrogens (tertiary/aromatic N) is 2. The van der Waals surface area contributed by atoms with Gasteiger partial charge in [0.15, 0.2) is 0 Å². The zero-order valence-corrected chi connectivity index (χ0v) is 27.0. The second-order valence-corrected chi connectivity index (χ2v) is 10.2. The van der Waals surface area contributed by atoms with Gasteiger partial charge in [-0.3, -0.25) is 7.05 Å². The molecule has 3 nitrogen and oxygen atoms in total. The molecule has 6 aromatic rings. The van der Waals surface area contributed by atoms with Gasteiger partial charge in [-0.05, 0) is 72.6 Å². The normalized spacial score (nSPS) is 10.1. The quantitative estimate of drug-likeness (QED) is 0.173. The van der Waals surface area contributed by atoms with Gasteiger partial charge in [-0.25, -0.2) is 0 Å². The fourth-order valence-electron chi connectivity index (χ4n) is 5.04. The maximum Gasteiger partial charge on any atom is 3.00 e. The van der Waals surface area contributed by atoms with E-state index in [9.17, 15) is 0 Å². The Morgan fingerprint density at radius 3 is 2.05 bits per heavy atom. The summed E-state index contributed by atoms with van der Waals surface area (Å²) < 4.78 is 0. The van der Waals surface area contributed by atoms with E-state index >= 15 is 0 Å². The Kier molecular flexibility index (Phi) is 11.0. The number of anilines is 3. The van der Waals surface area contributed by atoms with Crippen LogP contribution in [-0.4, -0.2) is 12.0 Å². The van der Waals surface area contributed by atoms with Gasteiger partial charge in [0.05, 0.1) is 5.69 Å². The molecule has 0 aliphatic rings. The molecule has 0 saturated carbocycles. The van der Waals surface area contributed by atoms with Crippen LogP contribution in [0.3, 0.4) is 0 Å². The molecule has 0 aliphatic heterocycles. The van der Waals surface area contributed by atoms with Crippen molar-refractivity contribution in [2.24, 2.45) is 0 Å². The molecule has 1 N–H and O–H groups in total. The molecule has 0 amide bonds. The minimum atomic E-state index is 0. The van der Waals surface area contributed by atoms with E-state index in [4.69, 9.17) is 0 Å². The van der Waals surface area contributed by atoms with Crippen molar-refractivity contribution in [3.63, 3.8) is 0 Å². The third-order valence-corrected chi connectivity index (χ3v) is 6.96. The molecule has 1 heterocycles. The Balaban J connectivity index is 0.000000272. The van der Waals surface area contributed by atoms with Crippen LogP contribution >= 0.6 is 0 Å². The first kappa shape index (κ1) is 31.4. The van der Waals surface area contributed by atoms with Gasteiger partial charge in [0.2, 0.25) is 0 Å². The first-order chi connectivity index (χ1) is 20.5. The molecule has 0 bridgehead atoms. The third kappa shape index (κ3) is 8.08. The zero-order chi connectivity index (χ0) is 29.3. The number of aromatic nitrogens is 1. The third-order valence-electron chi connectivity index (χ3n) is 6.96. The molecule has 0 spiro atoms. The van der Waals surface area contributed by atoms with Crippen LogP contribution in [0.1, 0.15) is 11.1 Å². The summed E-state index contributed by atoms with van der Waals surface area (Å²) in [5.74, 6) is 0. The molecular weight excluding hydrogens is 703 g/mol. The van der Waals surface area contributed by atoms with Crippen molar-refractivity contribution >= 4 is 17.1 Å². The molecular formula is C39H34IrN3. The van der Waals surface area contributed by atoms with Gasteiger partial charge in [-0.1, -0.05) is 72.4 Å². The molecule has 0 saturated heterocycles. The van der Waals surface area contributed by atoms with E-state index in [0.29, 0.717) is 0 Å². The average molecular weight is 737 g/mol. The minimum absolute atomic E-state index is 0. The largest absolute Gasteiger partial charge is 3.00 e. The molecule has 0 fully saturated rings. The number of hydrogen-bond donors (Lipinski definition) is 1. The maximum atomic E-state index is 4.22. The molecule has 0 unspecified atom stereocenters. The summed E-state index contributed by atoms with van der Waals surface area (Å²) in [6.45, 7) is 4.37. The van der Waals surface area contributed by atoms with Crippen LogP contribution in [0.4, 0.5) is 17.1 Å². The Morgan fingerprint density at radius 2 is 1.37 bits per heavy atom. The van der Waals surface area contributed by atoms with Crippen molar-refractivity contribution < 1.29 is 20.1 Å². The van der Waals surface area contributed by atoms with Gasteiger partial charge in [-0.2, -0.15) is 18.2 Å². The van der Waals surface area contributed by atoms with E-state index in [-0.39, 0.29) is 20.1 Å². The van der Waals surface area contributed by atoms with Crippen LogP contribution in [0.5, 0.6) is 0 Å². The van der Waals surface area contributed by atoms with E-state index < -0.39 is 0 Å². The van der Waals surface area contributed by atoms with Crippen LogP contribution in [0.15, 0.2) is 134 Å². The van der Waals surface area contributed by atoms with Gasteiger partial charge in [0, 0.05) is 11.9 Å². The van der Waals surface area contributed by atoms with Crippen molar-refractivity contribution in [2.45, 2.75) is 13.8 Å². The standard InChI is InChI=1S/C28H26N2.C11H8N.Ir/c1-20-17-24(22-11-6-5-7-12-22)18-21(2)28(20)23-13-10-14-25(19-23)29-26-15-8-9-16-27(26)30(3)4;1-2-6-10(7-3-1)11-8-4-5-9-12-11;/h5-13,15-19,29H,3H2,1-2,4H3;1-6,8-9H;/q-2;-1;+3. The van der Waals surface area contributed by atoms with Gasteiger partial charge in [0.25, 0.3) is 0 Å². The number of hydrogen-bond acceptors (Lipinski definition) is 3. The first-order valence-corrected chi connectivity index (χ1v) is 14.0. The smallest absolute Gasteiger partial charge is 0.526 e. The van der Waals surface area contributed by atoms with Crippen molar-refractivity contribution in [2.75, 3.05) is 17.3 Å². The number of para-hydroxylation sites is 2. The van der Waals surface area contributed by atoms with Gasteiger partial charge in [0.1, 0.15) is 0 Å². The van der Waals surface area contributed by atoms with Crippen LogP contribution in [0.2, 0.25) is 0 Å². The van der Waals surface area contributed by atoms with Crippen molar-refractivity contribution in [1.29, 1.82) is 0 Å². The van der Waals surface area contributed by atoms with Crippen molar-refractivity contribution in [3.05, 3.63) is 164 Å². The molecule has 0 aliphatic carbocycles. The van der Waals surface area contributed by atoms with E-state index in [1.807, 2.05) is 72.6 Å². The van der Waals surface area contributed by atoms with E-state index in [0.717, 1.165) is 28.3 Å². The molecule has 4 heteroatoms. The predicted molar refractivity (Wildman–Crippen MR) is 178 cm³/mol. The summed E-state index contributed by atoms with van der Waals surface area (Å²) in [6, 6.07) is 49.6. The zero-order valence-electron chi connectivity index (χ0n) is 24.6. The predicted octanol–water partition coefficient (Wildman–Crippen LogP) is 9.96. The number of nitrogens with one attached hydrogen (secondary N) is 1. The monoisotopic (exact) mass is 737 g/mol. The second-order valence-electron chi connectivity index (χ2n) is 10.2. The fraction of sp³-hybridized carbons (Fsp3) is 0.0769. The van der Waals surface area contributed by atoms with Gasteiger partial charge >= 0.3 is 20.1 Å². The number of benzene rings is 5. The van der Waals surface area contributed by atoms with Crippen LogP contribution in [-0.2, 0) is 20.1 Å². The average Bonchev–Trinajstić information content (AvgIpc) is 3.03. The second kappa shape index (κ2) is 15.1. The molecule has 0 radical (unpaired) electrons. The summed E-state index contributed by atoms with van der Waals surface area (Å²) in [6.07, 6.45) is 1.79.